The first-order chi connectivity index (χ1) is 29.1. The van der Waals surface area contributed by atoms with Crippen molar-refractivity contribution in [1.29, 1.82) is 0 Å². The van der Waals surface area contributed by atoms with Crippen molar-refractivity contribution in [2.24, 2.45) is 23.2 Å². The first-order valence-electron chi connectivity index (χ1n) is 21.2. The van der Waals surface area contributed by atoms with Gasteiger partial charge in [0.05, 0.1) is 44.4 Å². The molecule has 0 aromatic heterocycles. The lowest BCUT2D eigenvalue weighted by atomic mass is 9.65. The van der Waals surface area contributed by atoms with Gasteiger partial charge in [0.15, 0.2) is 11.5 Å². The first-order valence-corrected chi connectivity index (χ1v) is 21.2. The average Bonchev–Trinajstić information content (AvgIpc) is 3.22. The summed E-state index contributed by atoms with van der Waals surface area (Å²) in [4.78, 5) is 52.3. The minimum Gasteiger partial charge on any atom is -0.493 e. The fourth-order valence-corrected chi connectivity index (χ4v) is 7.61. The summed E-state index contributed by atoms with van der Waals surface area (Å²) in [5.74, 6) is 0.178. The van der Waals surface area contributed by atoms with Crippen LogP contribution in [0.5, 0.6) is 11.5 Å². The van der Waals surface area contributed by atoms with Gasteiger partial charge in [-0.1, -0.05) is 55.8 Å². The molecule has 61 heavy (non-hydrogen) atoms. The molecular weight excluding hydrogens is 787 g/mol. The van der Waals surface area contributed by atoms with Crippen LogP contribution in [0.25, 0.3) is 6.08 Å². The Balaban J connectivity index is 1.20. The Morgan fingerprint density at radius 2 is 1.74 bits per heavy atom. The Hall–Kier alpha value is -5.21. The molecule has 334 valence electrons. The lowest BCUT2D eigenvalue weighted by molar-refractivity contribution is -0.757. The standard InChI is InChI=1S/C47H63NO13/c1-7-47(4,5)46(53)61-42-24-31(2)23-36-16-13-32(3)39(45(36)42)18-17-37(49)27-38(50)28-44(52)59-30-35-12-10-11-34(25-35)29-58-40-19-14-33(26-41(40)56-6)15-20-43(51)57-21-8-9-22-60-48(54)55/h10-12,14-16,19-20,23,25-26,32,37-39,42,45,49-50H,7-9,13,17-18,21-22,24,27-30H2,1-6H3/b20-15+/t32-,37+,38+,39-,42-,45-/m0/s1. The van der Waals surface area contributed by atoms with Gasteiger partial charge in [0, 0.05) is 18.4 Å². The fraction of sp³-hybridized carbons (Fsp3) is 0.553. The van der Waals surface area contributed by atoms with Crippen molar-refractivity contribution in [3.8, 4) is 11.5 Å². The Kier molecular flexibility index (Phi) is 18.8. The Morgan fingerprint density at radius 1 is 1.00 bits per heavy atom. The van der Waals surface area contributed by atoms with Crippen LogP contribution in [-0.2, 0) is 46.6 Å². The third kappa shape index (κ3) is 15.6. The van der Waals surface area contributed by atoms with E-state index in [1.54, 1.807) is 24.3 Å². The zero-order valence-corrected chi connectivity index (χ0v) is 36.3. The highest BCUT2D eigenvalue weighted by atomic mass is 16.9. The SMILES string of the molecule is CCC(C)(C)C(=O)O[C@H]1CC(C)=CC2=CC[C@H](C)[C@H](CC[C@@H](O)C[C@@H](O)CC(=O)OCc3cccc(COc4ccc(/C=C/C(=O)OCCCCO[N+](=O)[O-])cc4OC)c3)[C@H]21. The highest BCUT2D eigenvalue weighted by Gasteiger charge is 2.42. The van der Waals surface area contributed by atoms with Gasteiger partial charge in [-0.3, -0.25) is 9.59 Å². The second-order valence-corrected chi connectivity index (χ2v) is 16.8. The van der Waals surface area contributed by atoms with Gasteiger partial charge in [-0.05, 0) is 124 Å². The third-order valence-corrected chi connectivity index (χ3v) is 11.5. The van der Waals surface area contributed by atoms with E-state index in [4.69, 9.17) is 23.7 Å². The van der Waals surface area contributed by atoms with Crippen molar-refractivity contribution in [2.45, 2.75) is 124 Å². The molecule has 0 bridgehead atoms. The molecule has 0 unspecified atom stereocenters. The molecule has 0 spiro atoms. The third-order valence-electron chi connectivity index (χ3n) is 11.5. The monoisotopic (exact) mass is 849 g/mol. The molecule has 0 fully saturated rings. The van der Waals surface area contributed by atoms with Gasteiger partial charge in [-0.25, -0.2) is 4.79 Å². The average molecular weight is 850 g/mol. The van der Waals surface area contributed by atoms with E-state index in [0.717, 1.165) is 17.5 Å². The quantitative estimate of drug-likeness (QED) is 0.0258. The normalized spacial score (nSPS) is 19.7. The molecule has 6 atom stereocenters. The highest BCUT2D eigenvalue weighted by molar-refractivity contribution is 5.87. The second kappa shape index (κ2) is 23.7. The molecule has 0 saturated carbocycles. The van der Waals surface area contributed by atoms with Gasteiger partial charge >= 0.3 is 17.9 Å². The largest absolute Gasteiger partial charge is 0.493 e. The zero-order chi connectivity index (χ0) is 44.5. The number of hydrogen-bond acceptors (Lipinski definition) is 13. The molecule has 2 N–H and O–H groups in total. The van der Waals surface area contributed by atoms with E-state index >= 15 is 0 Å². The minimum absolute atomic E-state index is 0.00332. The maximum Gasteiger partial charge on any atom is 0.330 e. The van der Waals surface area contributed by atoms with Gasteiger partial charge in [0.2, 0.25) is 0 Å². The van der Waals surface area contributed by atoms with E-state index in [-0.39, 0.29) is 63.2 Å². The van der Waals surface area contributed by atoms with Gasteiger partial charge in [-0.15, -0.1) is 10.1 Å². The maximum absolute atomic E-state index is 13.1. The Bertz CT molecular complexity index is 1880. The summed E-state index contributed by atoms with van der Waals surface area (Å²) in [5.41, 5.74) is 4.04. The van der Waals surface area contributed by atoms with Crippen molar-refractivity contribution < 1.29 is 58.2 Å². The number of fused-ring (bicyclic) bond motifs is 1. The summed E-state index contributed by atoms with van der Waals surface area (Å²) in [6.07, 6.45) is 9.21. The summed E-state index contributed by atoms with van der Waals surface area (Å²) in [7, 11) is 1.50. The number of rotatable bonds is 24. The summed E-state index contributed by atoms with van der Waals surface area (Å²) in [6, 6.07) is 12.6. The molecule has 14 nitrogen and oxygen atoms in total. The van der Waals surface area contributed by atoms with Gasteiger partial charge in [0.25, 0.3) is 5.09 Å². The lowest BCUT2D eigenvalue weighted by Gasteiger charge is -2.43. The number of carbonyl (C=O) groups excluding carboxylic acids is 3. The van der Waals surface area contributed by atoms with Crippen molar-refractivity contribution in [1.82, 2.24) is 0 Å². The topological polar surface area (TPSA) is 190 Å². The van der Waals surface area contributed by atoms with Crippen LogP contribution in [0.1, 0.15) is 109 Å². The van der Waals surface area contributed by atoms with E-state index in [9.17, 15) is 34.7 Å². The number of unbranched alkanes of at least 4 members (excludes halogenated alkanes) is 1. The molecule has 0 amide bonds. The molecule has 0 aliphatic heterocycles. The number of carbonyl (C=O) groups is 3. The summed E-state index contributed by atoms with van der Waals surface area (Å²) >= 11 is 0. The number of aliphatic hydroxyl groups excluding tert-OH is 2. The maximum atomic E-state index is 13.1. The first kappa shape index (κ1) is 48.5. The van der Waals surface area contributed by atoms with Crippen LogP contribution in [0, 0.1) is 33.3 Å². The van der Waals surface area contributed by atoms with E-state index in [0.29, 0.717) is 61.5 Å². The highest BCUT2D eigenvalue weighted by Crippen LogP contribution is 2.46. The molecular formula is C47H63NO13. The van der Waals surface area contributed by atoms with Crippen molar-refractivity contribution in [2.75, 3.05) is 20.3 Å². The number of aliphatic hydroxyl groups is 2. The Labute approximate surface area is 359 Å². The van der Waals surface area contributed by atoms with Crippen LogP contribution in [-0.4, -0.2) is 71.8 Å². The van der Waals surface area contributed by atoms with Gasteiger partial charge < -0.3 is 38.7 Å². The number of hydrogen-bond donors (Lipinski definition) is 2. The molecule has 0 heterocycles. The molecule has 0 saturated heterocycles. The van der Waals surface area contributed by atoms with Crippen LogP contribution in [0.3, 0.4) is 0 Å². The van der Waals surface area contributed by atoms with Gasteiger partial charge in [0.1, 0.15) is 19.3 Å². The summed E-state index contributed by atoms with van der Waals surface area (Å²) in [5, 5.41) is 31.0. The summed E-state index contributed by atoms with van der Waals surface area (Å²) in [6.45, 7) is 10.3. The van der Waals surface area contributed by atoms with Crippen LogP contribution in [0.2, 0.25) is 0 Å². The molecule has 2 aliphatic rings. The van der Waals surface area contributed by atoms with E-state index < -0.39 is 34.6 Å². The van der Waals surface area contributed by atoms with Crippen molar-refractivity contribution in [3.63, 3.8) is 0 Å². The number of allylic oxidation sites excluding steroid dienone is 2. The number of benzene rings is 2. The van der Waals surface area contributed by atoms with Crippen LogP contribution < -0.4 is 9.47 Å². The van der Waals surface area contributed by atoms with Crippen LogP contribution >= 0.6 is 0 Å². The smallest absolute Gasteiger partial charge is 0.330 e. The summed E-state index contributed by atoms with van der Waals surface area (Å²) < 4.78 is 28.3. The molecule has 2 aromatic rings. The molecule has 2 aromatic carbocycles. The predicted molar refractivity (Wildman–Crippen MR) is 227 cm³/mol. The van der Waals surface area contributed by atoms with Crippen molar-refractivity contribution >= 4 is 24.0 Å². The lowest BCUT2D eigenvalue weighted by Crippen LogP contribution is -2.42. The number of ether oxygens (including phenoxy) is 5. The molecule has 0 radical (unpaired) electrons. The van der Waals surface area contributed by atoms with Crippen molar-refractivity contribution in [3.05, 3.63) is 98.6 Å². The fourth-order valence-electron chi connectivity index (χ4n) is 7.61. The van der Waals surface area contributed by atoms with E-state index in [1.165, 1.54) is 24.3 Å². The molecule has 2 aliphatic carbocycles. The second-order valence-electron chi connectivity index (χ2n) is 16.8. The van der Waals surface area contributed by atoms with Crippen LogP contribution in [0.4, 0.5) is 0 Å². The molecule has 4 rings (SSSR count). The van der Waals surface area contributed by atoms with E-state index in [2.05, 4.69) is 30.8 Å². The minimum atomic E-state index is -1.07. The Morgan fingerprint density at radius 3 is 2.46 bits per heavy atom. The number of esters is 3. The van der Waals surface area contributed by atoms with Gasteiger partial charge in [-0.2, -0.15) is 0 Å². The van der Waals surface area contributed by atoms with Crippen LogP contribution in [0.15, 0.2) is 71.8 Å². The number of nitrogens with zero attached hydrogens (tertiary/aromatic N) is 1. The molecule has 14 heteroatoms. The van der Waals surface area contributed by atoms with E-state index in [1.807, 2.05) is 45.0 Å². The zero-order valence-electron chi connectivity index (χ0n) is 36.3. The number of methoxy groups -OCH3 is 1. The predicted octanol–water partition coefficient (Wildman–Crippen LogP) is 8.04.